The smallest absolute Gasteiger partial charge is 0.311 e. The van der Waals surface area contributed by atoms with Gasteiger partial charge in [0.25, 0.3) is 0 Å². The van der Waals surface area contributed by atoms with Crippen molar-refractivity contribution in [3.63, 3.8) is 0 Å². The van der Waals surface area contributed by atoms with Gasteiger partial charge in [-0.2, -0.15) is 13.2 Å². The monoisotopic (exact) mass is 297 g/mol. The Morgan fingerprint density at radius 2 is 1.62 bits per heavy atom. The van der Waals surface area contributed by atoms with Crippen molar-refractivity contribution in [2.45, 2.75) is 57.3 Å². The number of nitrogens with one attached hydrogen (secondary N) is 1. The summed E-state index contributed by atoms with van der Waals surface area (Å²) in [5.74, 6) is 0.962. The Kier molecular flexibility index (Phi) is 4.00. The Morgan fingerprint density at radius 3 is 2.10 bits per heavy atom. The summed E-state index contributed by atoms with van der Waals surface area (Å²) in [4.78, 5) is 0. The molecule has 0 spiro atoms. The van der Waals surface area contributed by atoms with E-state index in [9.17, 15) is 13.2 Å². The lowest BCUT2D eigenvalue weighted by molar-refractivity contribution is -0.139. The summed E-state index contributed by atoms with van der Waals surface area (Å²) < 4.78 is 37.6. The number of fused-ring (bicyclic) bond motifs is 3. The molecule has 1 nitrogen and oxygen atoms in total. The summed E-state index contributed by atoms with van der Waals surface area (Å²) >= 11 is 0. The van der Waals surface area contributed by atoms with Crippen LogP contribution in [0.1, 0.15) is 37.3 Å². The van der Waals surface area contributed by atoms with Crippen molar-refractivity contribution >= 4 is 0 Å². The van der Waals surface area contributed by atoms with Gasteiger partial charge >= 0.3 is 6.18 Å². The summed E-state index contributed by atoms with van der Waals surface area (Å²) in [6.07, 6.45) is -0.550. The van der Waals surface area contributed by atoms with Gasteiger partial charge in [0.2, 0.25) is 0 Å². The maximum absolute atomic E-state index is 12.5. The van der Waals surface area contributed by atoms with Crippen molar-refractivity contribution < 1.29 is 13.2 Å². The average Bonchev–Trinajstić information content (AvgIpc) is 2.63. The molecule has 2 aliphatic rings. The Balaban J connectivity index is 1.71. The minimum atomic E-state index is -4.08. The fourth-order valence-corrected chi connectivity index (χ4v) is 4.16. The van der Waals surface area contributed by atoms with Crippen LogP contribution in [0.25, 0.3) is 0 Å². The summed E-state index contributed by atoms with van der Waals surface area (Å²) in [5, 5.41) is 3.29. The maximum atomic E-state index is 12.5. The van der Waals surface area contributed by atoms with E-state index >= 15 is 0 Å². The van der Waals surface area contributed by atoms with Crippen LogP contribution in [0, 0.1) is 11.8 Å². The zero-order valence-electron chi connectivity index (χ0n) is 12.3. The molecule has 0 aromatic heterocycles. The fraction of sp³-hybridized carbons (Fsp3) is 0.647. The highest BCUT2D eigenvalue weighted by atomic mass is 19.4. The van der Waals surface area contributed by atoms with Gasteiger partial charge in [-0.15, -0.1) is 0 Å². The molecule has 2 aliphatic carbocycles. The van der Waals surface area contributed by atoms with Crippen molar-refractivity contribution in [1.29, 1.82) is 0 Å². The third-order valence-corrected chi connectivity index (χ3v) is 5.02. The van der Waals surface area contributed by atoms with Gasteiger partial charge in [0.1, 0.15) is 0 Å². The van der Waals surface area contributed by atoms with Crippen LogP contribution in [0.5, 0.6) is 0 Å². The van der Waals surface area contributed by atoms with Gasteiger partial charge in [-0.05, 0) is 55.6 Å². The molecule has 1 N–H and O–H groups in total. The van der Waals surface area contributed by atoms with E-state index in [2.05, 4.69) is 29.6 Å². The molecule has 1 saturated carbocycles. The summed E-state index contributed by atoms with van der Waals surface area (Å²) in [6, 6.07) is 8.20. The standard InChI is InChI=1S/C17H22F3N/c1-11(10-17(18,19)20)21-16-14-6-7-15(16)9-13-5-3-2-4-12(13)8-14/h2-5,11,14-16,21H,6-10H2,1H3. The number of halogens is 3. The molecule has 0 saturated heterocycles. The third kappa shape index (κ3) is 3.42. The number of hydrogen-bond donors (Lipinski definition) is 1. The maximum Gasteiger partial charge on any atom is 0.390 e. The average molecular weight is 297 g/mol. The van der Waals surface area contributed by atoms with E-state index in [1.54, 1.807) is 6.92 Å². The molecule has 3 atom stereocenters. The molecule has 1 fully saturated rings. The van der Waals surface area contributed by atoms with E-state index in [1.807, 2.05) is 0 Å². The van der Waals surface area contributed by atoms with Gasteiger partial charge in [-0.25, -0.2) is 0 Å². The molecular formula is C17H22F3N. The van der Waals surface area contributed by atoms with Gasteiger partial charge < -0.3 is 5.32 Å². The number of hydrogen-bond acceptors (Lipinski definition) is 1. The van der Waals surface area contributed by atoms with Crippen LogP contribution in [0.15, 0.2) is 24.3 Å². The van der Waals surface area contributed by atoms with Gasteiger partial charge in [-0.1, -0.05) is 24.3 Å². The van der Waals surface area contributed by atoms with Crippen molar-refractivity contribution in [2.75, 3.05) is 0 Å². The number of benzene rings is 1. The molecule has 3 unspecified atom stereocenters. The van der Waals surface area contributed by atoms with Crippen molar-refractivity contribution in [3.05, 3.63) is 35.4 Å². The summed E-state index contributed by atoms with van der Waals surface area (Å²) in [6.45, 7) is 1.66. The van der Waals surface area contributed by atoms with Crippen molar-refractivity contribution in [3.8, 4) is 0 Å². The fourth-order valence-electron chi connectivity index (χ4n) is 4.16. The Hall–Kier alpha value is -1.03. The molecule has 0 radical (unpaired) electrons. The Morgan fingerprint density at radius 1 is 1.10 bits per heavy atom. The molecule has 0 aliphatic heterocycles. The SMILES string of the molecule is CC(CC(F)(F)F)NC1C2CCC1Cc1ccccc1C2. The molecule has 116 valence electrons. The van der Waals surface area contributed by atoms with E-state index in [0.29, 0.717) is 11.8 Å². The third-order valence-electron chi connectivity index (χ3n) is 5.02. The molecule has 21 heavy (non-hydrogen) atoms. The zero-order valence-corrected chi connectivity index (χ0v) is 12.3. The lowest BCUT2D eigenvalue weighted by Gasteiger charge is -2.28. The first-order valence-electron chi connectivity index (χ1n) is 7.82. The summed E-state index contributed by atoms with van der Waals surface area (Å²) in [5.41, 5.74) is 2.78. The van der Waals surface area contributed by atoms with Gasteiger partial charge in [0.05, 0.1) is 6.42 Å². The quantitative estimate of drug-likeness (QED) is 0.885. The van der Waals surface area contributed by atoms with Crippen LogP contribution < -0.4 is 5.32 Å². The van der Waals surface area contributed by atoms with Crippen LogP contribution in [0.2, 0.25) is 0 Å². The Labute approximate surface area is 123 Å². The van der Waals surface area contributed by atoms with Crippen LogP contribution in [-0.4, -0.2) is 18.3 Å². The van der Waals surface area contributed by atoms with Crippen LogP contribution in [0.4, 0.5) is 13.2 Å². The van der Waals surface area contributed by atoms with Gasteiger partial charge in [0, 0.05) is 12.1 Å². The number of rotatable bonds is 3. The predicted octanol–water partition coefficient (Wildman–Crippen LogP) is 4.11. The van der Waals surface area contributed by atoms with Crippen LogP contribution >= 0.6 is 0 Å². The lowest BCUT2D eigenvalue weighted by Crippen LogP contribution is -2.44. The molecule has 4 heteroatoms. The first kappa shape index (κ1) is 14.9. The molecule has 0 amide bonds. The highest BCUT2D eigenvalue weighted by Gasteiger charge is 2.40. The minimum absolute atomic E-state index is 0.231. The Bertz CT molecular complexity index is 464. The normalized spacial score (nSPS) is 29.8. The largest absolute Gasteiger partial charge is 0.390 e. The zero-order chi connectivity index (χ0) is 15.0. The van der Waals surface area contributed by atoms with E-state index in [4.69, 9.17) is 0 Å². The molecular weight excluding hydrogens is 275 g/mol. The second-order valence-corrected chi connectivity index (χ2v) is 6.69. The minimum Gasteiger partial charge on any atom is -0.311 e. The molecule has 2 bridgehead atoms. The van der Waals surface area contributed by atoms with Crippen LogP contribution in [-0.2, 0) is 12.8 Å². The first-order chi connectivity index (χ1) is 9.92. The lowest BCUT2D eigenvalue weighted by atomic mass is 9.94. The predicted molar refractivity (Wildman–Crippen MR) is 77.1 cm³/mol. The van der Waals surface area contributed by atoms with E-state index in [-0.39, 0.29) is 6.04 Å². The molecule has 1 aromatic carbocycles. The molecule has 0 heterocycles. The highest BCUT2D eigenvalue weighted by molar-refractivity contribution is 5.30. The topological polar surface area (TPSA) is 12.0 Å². The van der Waals surface area contributed by atoms with E-state index in [0.717, 1.165) is 25.7 Å². The second kappa shape index (κ2) is 5.64. The molecule has 1 aromatic rings. The van der Waals surface area contributed by atoms with Crippen LogP contribution in [0.3, 0.4) is 0 Å². The van der Waals surface area contributed by atoms with E-state index in [1.165, 1.54) is 11.1 Å². The van der Waals surface area contributed by atoms with Gasteiger partial charge in [-0.3, -0.25) is 0 Å². The van der Waals surface area contributed by atoms with E-state index < -0.39 is 18.6 Å². The van der Waals surface area contributed by atoms with Crippen molar-refractivity contribution in [2.24, 2.45) is 11.8 Å². The van der Waals surface area contributed by atoms with Crippen molar-refractivity contribution in [1.82, 2.24) is 5.32 Å². The molecule has 3 rings (SSSR count). The second-order valence-electron chi connectivity index (χ2n) is 6.69. The first-order valence-corrected chi connectivity index (χ1v) is 7.82. The summed E-state index contributed by atoms with van der Waals surface area (Å²) in [7, 11) is 0. The highest BCUT2D eigenvalue weighted by Crippen LogP contribution is 2.40. The van der Waals surface area contributed by atoms with Gasteiger partial charge in [0.15, 0.2) is 0 Å². The number of alkyl halides is 3.